The van der Waals surface area contributed by atoms with Crippen molar-refractivity contribution in [2.24, 2.45) is 0 Å². The zero-order chi connectivity index (χ0) is 19.6. The summed E-state index contributed by atoms with van der Waals surface area (Å²) in [5.41, 5.74) is 5.87. The molecule has 0 radical (unpaired) electrons. The lowest BCUT2D eigenvalue weighted by Gasteiger charge is -2.18. The second-order valence-corrected chi connectivity index (χ2v) is 7.34. The van der Waals surface area contributed by atoms with Crippen LogP contribution < -0.4 is 0 Å². The van der Waals surface area contributed by atoms with Gasteiger partial charge >= 0.3 is 0 Å². The standard InChI is InChI=1S/C22H24ClN3O/c1-15-8-7-10-18(12-15)22(27)25(4)14-20-16(2)24-26(17(20)3)13-19-9-5-6-11-21(19)23/h5-12H,13-14H2,1-4H3. The van der Waals surface area contributed by atoms with Crippen LogP contribution in [0.15, 0.2) is 48.5 Å². The van der Waals surface area contributed by atoms with Gasteiger partial charge in [-0.15, -0.1) is 0 Å². The quantitative estimate of drug-likeness (QED) is 0.637. The molecule has 1 heterocycles. The van der Waals surface area contributed by atoms with Crippen LogP contribution in [0.25, 0.3) is 0 Å². The number of nitrogens with zero attached hydrogens (tertiary/aromatic N) is 3. The van der Waals surface area contributed by atoms with Crippen LogP contribution >= 0.6 is 11.6 Å². The van der Waals surface area contributed by atoms with E-state index in [-0.39, 0.29) is 5.91 Å². The number of rotatable bonds is 5. The first-order valence-corrected chi connectivity index (χ1v) is 9.33. The molecule has 0 aliphatic heterocycles. The molecule has 5 heteroatoms. The molecule has 2 aromatic carbocycles. The third kappa shape index (κ3) is 4.22. The molecule has 0 saturated carbocycles. The first kappa shape index (κ1) is 19.2. The summed E-state index contributed by atoms with van der Waals surface area (Å²) in [5, 5.41) is 5.40. The Morgan fingerprint density at radius 2 is 1.85 bits per heavy atom. The Labute approximate surface area is 165 Å². The fourth-order valence-electron chi connectivity index (χ4n) is 3.21. The van der Waals surface area contributed by atoms with Crippen LogP contribution in [0.5, 0.6) is 0 Å². The van der Waals surface area contributed by atoms with E-state index in [9.17, 15) is 4.79 Å². The van der Waals surface area contributed by atoms with Crippen LogP contribution in [0, 0.1) is 20.8 Å². The summed E-state index contributed by atoms with van der Waals surface area (Å²) in [6.45, 7) is 7.15. The van der Waals surface area contributed by atoms with Gasteiger partial charge in [-0.2, -0.15) is 5.10 Å². The smallest absolute Gasteiger partial charge is 0.253 e. The van der Waals surface area contributed by atoms with Crippen molar-refractivity contribution in [3.8, 4) is 0 Å². The van der Waals surface area contributed by atoms with Crippen LogP contribution in [0.3, 0.4) is 0 Å². The van der Waals surface area contributed by atoms with Crippen LogP contribution in [0.1, 0.15) is 38.4 Å². The highest BCUT2D eigenvalue weighted by atomic mass is 35.5. The molecule has 0 aliphatic rings. The minimum Gasteiger partial charge on any atom is -0.337 e. The third-order valence-corrected chi connectivity index (χ3v) is 5.19. The Hall–Kier alpha value is -2.59. The predicted octanol–water partition coefficient (Wildman–Crippen LogP) is 4.78. The number of aryl methyl sites for hydroxylation is 2. The van der Waals surface area contributed by atoms with Gasteiger partial charge in [-0.3, -0.25) is 9.48 Å². The number of hydrogen-bond donors (Lipinski definition) is 0. The molecular formula is C22H24ClN3O. The van der Waals surface area contributed by atoms with Gasteiger partial charge in [0.05, 0.1) is 12.2 Å². The van der Waals surface area contributed by atoms with Gasteiger partial charge < -0.3 is 4.90 Å². The van der Waals surface area contributed by atoms with E-state index in [0.29, 0.717) is 18.7 Å². The number of halogens is 1. The van der Waals surface area contributed by atoms with E-state index >= 15 is 0 Å². The van der Waals surface area contributed by atoms with Gasteiger partial charge in [0.25, 0.3) is 5.91 Å². The van der Waals surface area contributed by atoms with Gasteiger partial charge in [0.2, 0.25) is 0 Å². The minimum atomic E-state index is 0.0105. The fraction of sp³-hybridized carbons (Fsp3) is 0.273. The fourth-order valence-corrected chi connectivity index (χ4v) is 3.41. The average molecular weight is 382 g/mol. The summed E-state index contributed by atoms with van der Waals surface area (Å²) in [6.07, 6.45) is 0. The molecule has 0 unspecified atom stereocenters. The van der Waals surface area contributed by atoms with Crippen LogP contribution in [-0.4, -0.2) is 27.6 Å². The van der Waals surface area contributed by atoms with Crippen molar-refractivity contribution in [3.05, 3.63) is 87.2 Å². The molecule has 3 aromatic rings. The van der Waals surface area contributed by atoms with Crippen LogP contribution in [0.4, 0.5) is 0 Å². The Kier molecular flexibility index (Phi) is 5.66. The van der Waals surface area contributed by atoms with E-state index in [1.165, 1.54) is 0 Å². The molecule has 0 bridgehead atoms. The number of carbonyl (C=O) groups excluding carboxylic acids is 1. The van der Waals surface area contributed by atoms with E-state index in [1.807, 2.05) is 81.0 Å². The normalized spacial score (nSPS) is 10.9. The lowest BCUT2D eigenvalue weighted by atomic mass is 10.1. The largest absolute Gasteiger partial charge is 0.337 e. The lowest BCUT2D eigenvalue weighted by Crippen LogP contribution is -2.26. The van der Waals surface area contributed by atoms with Crippen LogP contribution in [0.2, 0.25) is 5.02 Å². The van der Waals surface area contributed by atoms with Crippen molar-refractivity contribution in [2.75, 3.05) is 7.05 Å². The molecule has 0 fully saturated rings. The number of amides is 1. The number of hydrogen-bond acceptors (Lipinski definition) is 2. The van der Waals surface area contributed by atoms with Gasteiger partial charge in [-0.25, -0.2) is 0 Å². The molecule has 0 N–H and O–H groups in total. The van der Waals surface area contributed by atoms with Crippen molar-refractivity contribution in [3.63, 3.8) is 0 Å². The highest BCUT2D eigenvalue weighted by Crippen LogP contribution is 2.21. The average Bonchev–Trinajstić information content (AvgIpc) is 2.90. The SMILES string of the molecule is Cc1cccc(C(=O)N(C)Cc2c(C)nn(Cc3ccccc3Cl)c2C)c1. The molecule has 4 nitrogen and oxygen atoms in total. The maximum atomic E-state index is 12.7. The van der Waals surface area contributed by atoms with E-state index < -0.39 is 0 Å². The van der Waals surface area contributed by atoms with Gasteiger partial charge in [0, 0.05) is 35.4 Å². The third-order valence-electron chi connectivity index (χ3n) is 4.82. The Morgan fingerprint density at radius 1 is 1.11 bits per heavy atom. The summed E-state index contributed by atoms with van der Waals surface area (Å²) in [4.78, 5) is 14.5. The summed E-state index contributed by atoms with van der Waals surface area (Å²) in [5.74, 6) is 0.0105. The van der Waals surface area contributed by atoms with Crippen LogP contribution in [-0.2, 0) is 13.1 Å². The molecule has 0 aliphatic carbocycles. The first-order chi connectivity index (χ1) is 12.9. The molecule has 3 rings (SSSR count). The monoisotopic (exact) mass is 381 g/mol. The zero-order valence-corrected chi connectivity index (χ0v) is 16.9. The van der Waals surface area contributed by atoms with E-state index in [2.05, 4.69) is 5.10 Å². The highest BCUT2D eigenvalue weighted by Gasteiger charge is 2.18. The van der Waals surface area contributed by atoms with E-state index in [4.69, 9.17) is 11.6 Å². The summed E-state index contributed by atoms with van der Waals surface area (Å²) in [7, 11) is 1.83. The number of aromatic nitrogens is 2. The van der Waals surface area contributed by atoms with Gasteiger partial charge in [-0.05, 0) is 44.5 Å². The highest BCUT2D eigenvalue weighted by molar-refractivity contribution is 6.31. The first-order valence-electron chi connectivity index (χ1n) is 8.95. The maximum Gasteiger partial charge on any atom is 0.253 e. The van der Waals surface area contributed by atoms with Gasteiger partial charge in [0.15, 0.2) is 0 Å². The maximum absolute atomic E-state index is 12.7. The summed E-state index contributed by atoms with van der Waals surface area (Å²) in [6, 6.07) is 15.5. The van der Waals surface area contributed by atoms with Crippen molar-refractivity contribution < 1.29 is 4.79 Å². The molecule has 1 aromatic heterocycles. The molecule has 1 amide bonds. The second-order valence-electron chi connectivity index (χ2n) is 6.93. The summed E-state index contributed by atoms with van der Waals surface area (Å²) >= 11 is 6.29. The molecule has 0 saturated heterocycles. The zero-order valence-electron chi connectivity index (χ0n) is 16.2. The van der Waals surface area contributed by atoms with Crippen molar-refractivity contribution >= 4 is 17.5 Å². The van der Waals surface area contributed by atoms with Gasteiger partial charge in [0.1, 0.15) is 0 Å². The summed E-state index contributed by atoms with van der Waals surface area (Å²) < 4.78 is 1.96. The molecular weight excluding hydrogens is 358 g/mol. The Bertz CT molecular complexity index is 977. The molecule has 0 atom stereocenters. The second kappa shape index (κ2) is 7.97. The van der Waals surface area contributed by atoms with Gasteiger partial charge in [-0.1, -0.05) is 47.5 Å². The van der Waals surface area contributed by atoms with Crippen molar-refractivity contribution in [1.29, 1.82) is 0 Å². The van der Waals surface area contributed by atoms with E-state index in [1.54, 1.807) is 4.90 Å². The van der Waals surface area contributed by atoms with Crippen molar-refractivity contribution in [1.82, 2.24) is 14.7 Å². The Balaban J connectivity index is 1.80. The predicted molar refractivity (Wildman–Crippen MR) is 109 cm³/mol. The Morgan fingerprint density at radius 3 is 2.56 bits per heavy atom. The van der Waals surface area contributed by atoms with E-state index in [0.717, 1.165) is 33.1 Å². The molecule has 27 heavy (non-hydrogen) atoms. The molecule has 0 spiro atoms. The number of carbonyl (C=O) groups is 1. The van der Waals surface area contributed by atoms with Crippen molar-refractivity contribution in [2.45, 2.75) is 33.9 Å². The minimum absolute atomic E-state index is 0.0105. The lowest BCUT2D eigenvalue weighted by molar-refractivity contribution is 0.0784. The topological polar surface area (TPSA) is 38.1 Å². The molecule has 140 valence electrons. The number of benzene rings is 2.